The lowest BCUT2D eigenvalue weighted by atomic mass is 10.1. The summed E-state index contributed by atoms with van der Waals surface area (Å²) in [6, 6.07) is 17.2. The van der Waals surface area contributed by atoms with E-state index in [1.165, 1.54) is 0 Å². The largest absolute Gasteiger partial charge is 0.489 e. The lowest BCUT2D eigenvalue weighted by Gasteiger charge is -2.23. The Bertz CT molecular complexity index is 1320. The highest BCUT2D eigenvalue weighted by Gasteiger charge is 2.18. The summed E-state index contributed by atoms with van der Waals surface area (Å²) in [5.41, 5.74) is 4.39. The molecule has 0 amide bonds. The Morgan fingerprint density at radius 2 is 1.85 bits per heavy atom. The van der Waals surface area contributed by atoms with Gasteiger partial charge < -0.3 is 14.8 Å². The minimum atomic E-state index is 0.0649. The van der Waals surface area contributed by atoms with Crippen LogP contribution in [0.25, 0.3) is 22.5 Å². The predicted octanol–water partition coefficient (Wildman–Crippen LogP) is 4.77. The smallest absolute Gasteiger partial charge is 0.227 e. The molecular formula is C26H22N6O2. The van der Waals surface area contributed by atoms with E-state index in [-0.39, 0.29) is 6.10 Å². The number of nitrogens with one attached hydrogen (secondary N) is 1. The molecule has 4 aromatic rings. The van der Waals surface area contributed by atoms with Gasteiger partial charge in [0, 0.05) is 48.8 Å². The van der Waals surface area contributed by atoms with E-state index in [0.717, 1.165) is 35.3 Å². The molecule has 0 atom stereocenters. The van der Waals surface area contributed by atoms with Gasteiger partial charge in [0.05, 0.1) is 35.9 Å². The van der Waals surface area contributed by atoms with Gasteiger partial charge in [-0.3, -0.25) is 9.97 Å². The number of anilines is 2. The molecule has 34 heavy (non-hydrogen) atoms. The van der Waals surface area contributed by atoms with Crippen LogP contribution in [-0.4, -0.2) is 39.3 Å². The van der Waals surface area contributed by atoms with E-state index in [1.807, 2.05) is 42.5 Å². The summed E-state index contributed by atoms with van der Waals surface area (Å²) >= 11 is 0. The van der Waals surface area contributed by atoms with Crippen LogP contribution in [0.15, 0.2) is 73.3 Å². The van der Waals surface area contributed by atoms with Crippen molar-refractivity contribution in [1.82, 2.24) is 19.9 Å². The first-order valence-electron chi connectivity index (χ1n) is 11.0. The van der Waals surface area contributed by atoms with Gasteiger partial charge in [-0.05, 0) is 48.5 Å². The second-order valence-electron chi connectivity index (χ2n) is 7.78. The molecule has 168 valence electrons. The molecule has 1 N–H and O–H groups in total. The molecule has 0 spiro atoms. The van der Waals surface area contributed by atoms with Crippen molar-refractivity contribution in [3.8, 4) is 34.3 Å². The van der Waals surface area contributed by atoms with Gasteiger partial charge in [-0.2, -0.15) is 5.26 Å². The Hall–Kier alpha value is -4.35. The van der Waals surface area contributed by atoms with Crippen molar-refractivity contribution in [1.29, 1.82) is 5.26 Å². The summed E-state index contributed by atoms with van der Waals surface area (Å²) in [6.45, 7) is 1.36. The number of benzene rings is 1. The van der Waals surface area contributed by atoms with Crippen LogP contribution in [-0.2, 0) is 4.74 Å². The van der Waals surface area contributed by atoms with E-state index in [1.54, 1.807) is 30.9 Å². The molecule has 0 bridgehead atoms. The van der Waals surface area contributed by atoms with Gasteiger partial charge in [0.2, 0.25) is 5.95 Å². The summed E-state index contributed by atoms with van der Waals surface area (Å²) in [4.78, 5) is 17.7. The second kappa shape index (κ2) is 10.1. The van der Waals surface area contributed by atoms with E-state index in [9.17, 15) is 5.26 Å². The minimum absolute atomic E-state index is 0.0649. The molecule has 1 aromatic carbocycles. The highest BCUT2D eigenvalue weighted by molar-refractivity contribution is 5.76. The van der Waals surface area contributed by atoms with Gasteiger partial charge in [-0.15, -0.1) is 0 Å². The summed E-state index contributed by atoms with van der Waals surface area (Å²) in [5, 5.41) is 13.0. The summed E-state index contributed by atoms with van der Waals surface area (Å²) in [5.74, 6) is 1.01. The van der Waals surface area contributed by atoms with Crippen molar-refractivity contribution in [2.75, 3.05) is 18.5 Å². The number of nitriles is 1. The van der Waals surface area contributed by atoms with Crippen molar-refractivity contribution in [3.63, 3.8) is 0 Å². The Morgan fingerprint density at radius 3 is 2.68 bits per heavy atom. The fourth-order valence-electron chi connectivity index (χ4n) is 3.79. The first-order chi connectivity index (χ1) is 16.8. The van der Waals surface area contributed by atoms with E-state index < -0.39 is 0 Å². The van der Waals surface area contributed by atoms with Crippen molar-refractivity contribution >= 4 is 11.6 Å². The molecule has 3 aromatic heterocycles. The number of nitrogens with zero attached hydrogens (tertiary/aromatic N) is 5. The van der Waals surface area contributed by atoms with Crippen molar-refractivity contribution in [3.05, 3.63) is 78.9 Å². The maximum atomic E-state index is 9.70. The van der Waals surface area contributed by atoms with E-state index in [2.05, 4.69) is 31.3 Å². The maximum absolute atomic E-state index is 9.70. The van der Waals surface area contributed by atoms with Crippen molar-refractivity contribution < 1.29 is 9.47 Å². The van der Waals surface area contributed by atoms with Gasteiger partial charge in [0.1, 0.15) is 17.9 Å². The predicted molar refractivity (Wildman–Crippen MR) is 127 cm³/mol. The molecule has 1 fully saturated rings. The summed E-state index contributed by atoms with van der Waals surface area (Å²) < 4.78 is 11.5. The Kier molecular flexibility index (Phi) is 6.36. The number of pyridine rings is 2. The molecule has 8 nitrogen and oxygen atoms in total. The number of ether oxygens (including phenoxy) is 2. The van der Waals surface area contributed by atoms with Gasteiger partial charge in [-0.1, -0.05) is 0 Å². The van der Waals surface area contributed by atoms with E-state index in [0.29, 0.717) is 36.2 Å². The molecule has 0 radical (unpaired) electrons. The zero-order valence-electron chi connectivity index (χ0n) is 18.4. The molecule has 5 rings (SSSR count). The maximum Gasteiger partial charge on any atom is 0.227 e. The summed E-state index contributed by atoms with van der Waals surface area (Å²) in [7, 11) is 0. The van der Waals surface area contributed by atoms with Crippen LogP contribution < -0.4 is 10.1 Å². The van der Waals surface area contributed by atoms with Crippen LogP contribution in [0.3, 0.4) is 0 Å². The Morgan fingerprint density at radius 1 is 0.971 bits per heavy atom. The zero-order chi connectivity index (χ0) is 23.2. The molecule has 0 saturated carbocycles. The second-order valence-corrected chi connectivity index (χ2v) is 7.78. The SMILES string of the molecule is N#Cc1cc(-c2ccnc(Nc3cccnc3-c3cccnc3)n2)ccc1OC1CCOCC1. The molecule has 4 heterocycles. The molecule has 1 aliphatic heterocycles. The van der Waals surface area contributed by atoms with Gasteiger partial charge >= 0.3 is 0 Å². The molecule has 0 aliphatic carbocycles. The Balaban J connectivity index is 1.39. The molecular weight excluding hydrogens is 428 g/mol. The first-order valence-corrected chi connectivity index (χ1v) is 11.0. The third kappa shape index (κ3) is 4.85. The number of hydrogen-bond donors (Lipinski definition) is 1. The third-order valence-corrected chi connectivity index (χ3v) is 5.50. The van der Waals surface area contributed by atoms with E-state index in [4.69, 9.17) is 9.47 Å². The van der Waals surface area contributed by atoms with Gasteiger partial charge in [0.25, 0.3) is 0 Å². The lowest BCUT2D eigenvalue weighted by molar-refractivity contribution is 0.0254. The van der Waals surface area contributed by atoms with Crippen LogP contribution in [0.1, 0.15) is 18.4 Å². The first kappa shape index (κ1) is 21.5. The van der Waals surface area contributed by atoms with Crippen LogP contribution in [0.2, 0.25) is 0 Å². The third-order valence-electron chi connectivity index (χ3n) is 5.50. The Labute approximate surface area is 197 Å². The quantitative estimate of drug-likeness (QED) is 0.448. The van der Waals surface area contributed by atoms with Crippen LogP contribution in [0.4, 0.5) is 11.6 Å². The fourth-order valence-corrected chi connectivity index (χ4v) is 3.79. The minimum Gasteiger partial charge on any atom is -0.489 e. The number of rotatable bonds is 6. The standard InChI is InChI=1S/C26H22N6O2/c27-16-20-15-18(5-6-24(20)34-21-8-13-33-14-9-21)22-7-12-30-26(31-22)32-23-4-2-11-29-25(23)19-3-1-10-28-17-19/h1-7,10-12,15,17,21H,8-9,13-14H2,(H,30,31,32). The van der Waals surface area contributed by atoms with Crippen molar-refractivity contribution in [2.24, 2.45) is 0 Å². The molecule has 8 heteroatoms. The van der Waals surface area contributed by atoms with Gasteiger partial charge in [-0.25, -0.2) is 9.97 Å². The number of hydrogen-bond acceptors (Lipinski definition) is 8. The highest BCUT2D eigenvalue weighted by atomic mass is 16.5. The fraction of sp³-hybridized carbons (Fsp3) is 0.192. The van der Waals surface area contributed by atoms with Gasteiger partial charge in [0.15, 0.2) is 0 Å². The zero-order valence-corrected chi connectivity index (χ0v) is 18.4. The number of aromatic nitrogens is 4. The van der Waals surface area contributed by atoms with Crippen LogP contribution in [0.5, 0.6) is 5.75 Å². The molecule has 1 saturated heterocycles. The molecule has 0 unspecified atom stereocenters. The summed E-state index contributed by atoms with van der Waals surface area (Å²) in [6.07, 6.45) is 8.61. The highest BCUT2D eigenvalue weighted by Crippen LogP contribution is 2.29. The van der Waals surface area contributed by atoms with Crippen LogP contribution in [0, 0.1) is 11.3 Å². The normalized spacial score (nSPS) is 13.7. The average molecular weight is 451 g/mol. The van der Waals surface area contributed by atoms with Crippen LogP contribution >= 0.6 is 0 Å². The van der Waals surface area contributed by atoms with Crippen molar-refractivity contribution in [2.45, 2.75) is 18.9 Å². The lowest BCUT2D eigenvalue weighted by Crippen LogP contribution is -2.26. The monoisotopic (exact) mass is 450 g/mol. The average Bonchev–Trinajstić information content (AvgIpc) is 2.90. The van der Waals surface area contributed by atoms with E-state index >= 15 is 0 Å². The molecule has 1 aliphatic rings. The topological polar surface area (TPSA) is 106 Å².